The second kappa shape index (κ2) is 5.07. The SMILES string of the molecule is NC(=S)c1ccnnc1Nc1ccccc1Cl. The zero-order valence-corrected chi connectivity index (χ0v) is 10.3. The van der Waals surface area contributed by atoms with Gasteiger partial charge in [-0.25, -0.2) is 0 Å². The van der Waals surface area contributed by atoms with Gasteiger partial charge in [0.2, 0.25) is 0 Å². The highest BCUT2D eigenvalue weighted by Crippen LogP contribution is 2.25. The number of nitrogens with two attached hydrogens (primary N) is 1. The first-order valence-corrected chi connectivity index (χ1v) is 5.60. The Morgan fingerprint density at radius 2 is 2.06 bits per heavy atom. The van der Waals surface area contributed by atoms with Crippen LogP contribution in [0.4, 0.5) is 11.5 Å². The van der Waals surface area contributed by atoms with Crippen LogP contribution >= 0.6 is 23.8 Å². The normalized spacial score (nSPS) is 9.94. The van der Waals surface area contributed by atoms with Gasteiger partial charge in [0, 0.05) is 0 Å². The van der Waals surface area contributed by atoms with E-state index in [0.717, 1.165) is 5.69 Å². The van der Waals surface area contributed by atoms with Gasteiger partial charge in [-0.15, -0.1) is 5.10 Å². The van der Waals surface area contributed by atoms with Crippen molar-refractivity contribution in [1.82, 2.24) is 10.2 Å². The Morgan fingerprint density at radius 1 is 1.29 bits per heavy atom. The van der Waals surface area contributed by atoms with E-state index in [2.05, 4.69) is 15.5 Å². The van der Waals surface area contributed by atoms with Crippen molar-refractivity contribution in [3.05, 3.63) is 47.1 Å². The van der Waals surface area contributed by atoms with E-state index >= 15 is 0 Å². The molecule has 3 N–H and O–H groups in total. The lowest BCUT2D eigenvalue weighted by molar-refractivity contribution is 1.03. The maximum atomic E-state index is 6.03. The number of hydrogen-bond acceptors (Lipinski definition) is 4. The van der Waals surface area contributed by atoms with Crippen molar-refractivity contribution in [2.45, 2.75) is 0 Å². The number of rotatable bonds is 3. The largest absolute Gasteiger partial charge is 0.389 e. The minimum absolute atomic E-state index is 0.259. The molecule has 0 aliphatic carbocycles. The zero-order valence-electron chi connectivity index (χ0n) is 8.72. The fraction of sp³-hybridized carbons (Fsp3) is 0. The summed E-state index contributed by atoms with van der Waals surface area (Å²) in [6.45, 7) is 0. The van der Waals surface area contributed by atoms with E-state index in [-0.39, 0.29) is 4.99 Å². The topological polar surface area (TPSA) is 63.8 Å². The standard InChI is InChI=1S/C11H9ClN4S/c12-8-3-1-2-4-9(8)15-11-7(10(13)17)5-6-14-16-11/h1-6H,(H2,13,17)(H,15,16). The van der Waals surface area contributed by atoms with Crippen LogP contribution in [-0.4, -0.2) is 15.2 Å². The number of anilines is 2. The number of nitrogens with one attached hydrogen (secondary N) is 1. The third-order valence-electron chi connectivity index (χ3n) is 2.11. The number of halogens is 1. The lowest BCUT2D eigenvalue weighted by atomic mass is 10.2. The van der Waals surface area contributed by atoms with Crippen LogP contribution in [0.25, 0.3) is 0 Å². The molecule has 1 heterocycles. The Balaban J connectivity index is 2.37. The average Bonchev–Trinajstić information content (AvgIpc) is 2.32. The van der Waals surface area contributed by atoms with E-state index in [4.69, 9.17) is 29.6 Å². The van der Waals surface area contributed by atoms with Crippen LogP contribution in [0.15, 0.2) is 36.5 Å². The smallest absolute Gasteiger partial charge is 0.163 e. The second-order valence-electron chi connectivity index (χ2n) is 3.26. The molecule has 17 heavy (non-hydrogen) atoms. The van der Waals surface area contributed by atoms with Crippen molar-refractivity contribution in [2.75, 3.05) is 5.32 Å². The number of para-hydroxylation sites is 1. The molecule has 0 unspecified atom stereocenters. The molecule has 2 aromatic rings. The third-order valence-corrected chi connectivity index (χ3v) is 2.66. The summed E-state index contributed by atoms with van der Waals surface area (Å²) >= 11 is 11.0. The molecule has 2 rings (SSSR count). The molecular formula is C11H9ClN4S. The van der Waals surface area contributed by atoms with E-state index in [9.17, 15) is 0 Å². The molecule has 1 aromatic heterocycles. The van der Waals surface area contributed by atoms with Gasteiger partial charge in [-0.3, -0.25) is 0 Å². The van der Waals surface area contributed by atoms with Crippen LogP contribution < -0.4 is 11.1 Å². The van der Waals surface area contributed by atoms with Gasteiger partial charge in [0.25, 0.3) is 0 Å². The maximum absolute atomic E-state index is 6.03. The van der Waals surface area contributed by atoms with E-state index in [1.54, 1.807) is 12.1 Å². The van der Waals surface area contributed by atoms with Crippen molar-refractivity contribution in [1.29, 1.82) is 0 Å². The Hall–Kier alpha value is -1.72. The first-order valence-electron chi connectivity index (χ1n) is 4.81. The van der Waals surface area contributed by atoms with E-state index < -0.39 is 0 Å². The molecule has 0 saturated carbocycles. The number of nitrogens with zero attached hydrogens (tertiary/aromatic N) is 2. The van der Waals surface area contributed by atoms with E-state index in [1.165, 1.54) is 6.20 Å². The van der Waals surface area contributed by atoms with Gasteiger partial charge < -0.3 is 11.1 Å². The highest BCUT2D eigenvalue weighted by atomic mass is 35.5. The maximum Gasteiger partial charge on any atom is 0.163 e. The van der Waals surface area contributed by atoms with Gasteiger partial charge in [-0.05, 0) is 18.2 Å². The van der Waals surface area contributed by atoms with Crippen LogP contribution in [0.1, 0.15) is 5.56 Å². The Morgan fingerprint density at radius 3 is 2.76 bits per heavy atom. The fourth-order valence-electron chi connectivity index (χ4n) is 1.31. The van der Waals surface area contributed by atoms with Crippen LogP contribution in [0.2, 0.25) is 5.02 Å². The summed E-state index contributed by atoms with van der Waals surface area (Å²) in [5.41, 5.74) is 6.96. The molecule has 0 bridgehead atoms. The van der Waals surface area contributed by atoms with Gasteiger partial charge >= 0.3 is 0 Å². The molecule has 4 nitrogen and oxygen atoms in total. The molecule has 6 heteroatoms. The van der Waals surface area contributed by atoms with Gasteiger partial charge in [0.15, 0.2) is 5.82 Å². The summed E-state index contributed by atoms with van der Waals surface area (Å²) in [7, 11) is 0. The van der Waals surface area contributed by atoms with Crippen LogP contribution in [0.5, 0.6) is 0 Å². The van der Waals surface area contributed by atoms with Crippen molar-refractivity contribution in [3.8, 4) is 0 Å². The van der Waals surface area contributed by atoms with Crippen LogP contribution in [0.3, 0.4) is 0 Å². The minimum atomic E-state index is 0.259. The summed E-state index contributed by atoms with van der Waals surface area (Å²) in [6, 6.07) is 9.03. The Bertz CT molecular complexity index is 559. The molecule has 0 aliphatic heterocycles. The lowest BCUT2D eigenvalue weighted by Gasteiger charge is -2.09. The Kier molecular flexibility index (Phi) is 3.51. The minimum Gasteiger partial charge on any atom is -0.389 e. The molecule has 0 atom stereocenters. The summed E-state index contributed by atoms with van der Waals surface area (Å²) in [6.07, 6.45) is 1.53. The number of aromatic nitrogens is 2. The van der Waals surface area contributed by atoms with Gasteiger partial charge in [0.1, 0.15) is 4.99 Å². The second-order valence-corrected chi connectivity index (χ2v) is 4.11. The molecule has 0 spiro atoms. The van der Waals surface area contributed by atoms with Gasteiger partial charge in [-0.1, -0.05) is 36.0 Å². The number of hydrogen-bond donors (Lipinski definition) is 2. The number of benzene rings is 1. The summed E-state index contributed by atoms with van der Waals surface area (Å²) in [4.78, 5) is 0.259. The summed E-state index contributed by atoms with van der Waals surface area (Å²) in [5, 5.41) is 11.4. The third kappa shape index (κ3) is 2.69. The van der Waals surface area contributed by atoms with Crippen molar-refractivity contribution < 1.29 is 0 Å². The predicted molar refractivity (Wildman–Crippen MR) is 72.7 cm³/mol. The molecule has 0 saturated heterocycles. The van der Waals surface area contributed by atoms with E-state index in [1.807, 2.05) is 18.2 Å². The van der Waals surface area contributed by atoms with Gasteiger partial charge in [-0.2, -0.15) is 5.10 Å². The van der Waals surface area contributed by atoms with Crippen LogP contribution in [-0.2, 0) is 0 Å². The van der Waals surface area contributed by atoms with Crippen molar-refractivity contribution in [3.63, 3.8) is 0 Å². The molecule has 1 aromatic carbocycles. The molecule has 86 valence electrons. The quantitative estimate of drug-likeness (QED) is 0.834. The monoisotopic (exact) mass is 264 g/mol. The molecular weight excluding hydrogens is 256 g/mol. The van der Waals surface area contributed by atoms with E-state index in [0.29, 0.717) is 16.4 Å². The molecule has 0 aliphatic rings. The first kappa shape index (κ1) is 11.8. The molecule has 0 fully saturated rings. The molecule has 0 radical (unpaired) electrons. The van der Waals surface area contributed by atoms with Crippen molar-refractivity contribution >= 4 is 40.3 Å². The summed E-state index contributed by atoms with van der Waals surface area (Å²) < 4.78 is 0. The average molecular weight is 265 g/mol. The highest BCUT2D eigenvalue weighted by molar-refractivity contribution is 7.80. The Labute approximate surface area is 109 Å². The fourth-order valence-corrected chi connectivity index (χ4v) is 1.66. The number of thiocarbonyl (C=S) groups is 1. The van der Waals surface area contributed by atoms with Crippen molar-refractivity contribution in [2.24, 2.45) is 5.73 Å². The first-order chi connectivity index (χ1) is 8.18. The predicted octanol–water partition coefficient (Wildman–Crippen LogP) is 2.51. The van der Waals surface area contributed by atoms with Gasteiger partial charge in [0.05, 0.1) is 22.5 Å². The highest BCUT2D eigenvalue weighted by Gasteiger charge is 2.08. The lowest BCUT2D eigenvalue weighted by Crippen LogP contribution is -2.13. The summed E-state index contributed by atoms with van der Waals surface area (Å²) in [5.74, 6) is 0.494. The molecule has 0 amide bonds. The zero-order chi connectivity index (χ0) is 12.3. The van der Waals surface area contributed by atoms with Crippen LogP contribution in [0, 0.1) is 0 Å².